The second kappa shape index (κ2) is 19.9. The summed E-state index contributed by atoms with van der Waals surface area (Å²) in [5.74, 6) is -0.942. The quantitative estimate of drug-likeness (QED) is 0.140. The number of carbonyl (C=O) groups is 4. The van der Waals surface area contributed by atoms with Gasteiger partial charge in [0.1, 0.15) is 23.9 Å². The predicted octanol–water partition coefficient (Wildman–Crippen LogP) is 6.67. The van der Waals surface area contributed by atoms with Gasteiger partial charge in [0.2, 0.25) is 17.6 Å². The van der Waals surface area contributed by atoms with Crippen molar-refractivity contribution in [1.29, 1.82) is 0 Å². The smallest absolute Gasteiger partial charge is 0.407 e. The highest BCUT2D eigenvalue weighted by atomic mass is 19.1. The molecule has 3 fully saturated rings. The highest BCUT2D eigenvalue weighted by Gasteiger charge is 2.47. The topological polar surface area (TPSA) is 155 Å². The monoisotopic (exact) mass is 773 g/mol. The fraction of sp³-hybridized carbons (Fsp3) is 0.707. The lowest BCUT2D eigenvalue weighted by molar-refractivity contribution is -0.142. The van der Waals surface area contributed by atoms with E-state index in [9.17, 15) is 23.6 Å². The summed E-state index contributed by atoms with van der Waals surface area (Å²) in [5, 5.41) is 6.41. The summed E-state index contributed by atoms with van der Waals surface area (Å²) in [5.41, 5.74) is 0.314. The number of carbonyl (C=O) groups excluding carboxylic acids is 4. The number of fused-ring (bicyclic) bond motifs is 1. The van der Waals surface area contributed by atoms with Crippen LogP contribution in [-0.2, 0) is 33.3 Å². The Morgan fingerprint density at radius 3 is 2.35 bits per heavy atom. The summed E-state index contributed by atoms with van der Waals surface area (Å²) in [6, 6.07) is 5.44. The number of methoxy groups -OCH3 is 2. The number of ether oxygens (including phenoxy) is 5. The zero-order valence-corrected chi connectivity index (χ0v) is 33.1. The Balaban J connectivity index is 1.23. The van der Waals surface area contributed by atoms with E-state index in [-0.39, 0.29) is 54.0 Å². The van der Waals surface area contributed by atoms with Gasteiger partial charge in [0.15, 0.2) is 0 Å². The predicted molar refractivity (Wildman–Crippen MR) is 203 cm³/mol. The van der Waals surface area contributed by atoms with Crippen molar-refractivity contribution >= 4 is 40.5 Å². The average molecular weight is 774 g/mol. The molecule has 2 aliphatic carbocycles. The first-order valence-electron chi connectivity index (χ1n) is 19.9. The van der Waals surface area contributed by atoms with Crippen LogP contribution in [0.2, 0.25) is 0 Å². The third-order valence-corrected chi connectivity index (χ3v) is 11.3. The highest BCUT2D eigenvalue weighted by molar-refractivity contribution is 6.00. The van der Waals surface area contributed by atoms with Gasteiger partial charge in [-0.05, 0) is 121 Å². The molecule has 3 amide bonds. The highest BCUT2D eigenvalue weighted by Crippen LogP contribution is 2.42. The fourth-order valence-corrected chi connectivity index (χ4v) is 8.47. The molecule has 55 heavy (non-hydrogen) atoms. The Labute approximate surface area is 323 Å². The van der Waals surface area contributed by atoms with Crippen LogP contribution in [0.3, 0.4) is 0 Å². The number of rotatable bonds is 16. The molecule has 1 aromatic heterocycles. The van der Waals surface area contributed by atoms with Crippen LogP contribution in [-0.4, -0.2) is 106 Å². The van der Waals surface area contributed by atoms with Gasteiger partial charge >= 0.3 is 12.1 Å². The number of alkyl carbamates (subject to hydrolysis) is 1. The molecular weight excluding hydrogens is 713 g/mol. The molecule has 13 nitrogen and oxygen atoms in total. The molecule has 2 N–H and O–H groups in total. The summed E-state index contributed by atoms with van der Waals surface area (Å²) >= 11 is 0. The fourth-order valence-electron chi connectivity index (χ4n) is 8.47. The lowest BCUT2D eigenvalue weighted by Crippen LogP contribution is -2.50. The molecule has 3 atom stereocenters. The zero-order valence-electron chi connectivity index (χ0n) is 33.1. The first kappa shape index (κ1) is 42.4. The van der Waals surface area contributed by atoms with Crippen LogP contribution in [0, 0.1) is 23.7 Å². The number of benzene rings is 1. The number of amides is 3. The van der Waals surface area contributed by atoms with Gasteiger partial charge in [-0.25, -0.2) is 14.0 Å². The third-order valence-electron chi connectivity index (χ3n) is 11.3. The average Bonchev–Trinajstić information content (AvgIpc) is 3.81. The maximum atomic E-state index is 14.3. The number of halogens is 1. The van der Waals surface area contributed by atoms with E-state index in [0.717, 1.165) is 32.1 Å². The van der Waals surface area contributed by atoms with Gasteiger partial charge in [0.05, 0.1) is 32.0 Å². The zero-order chi connectivity index (χ0) is 39.5. The van der Waals surface area contributed by atoms with Gasteiger partial charge in [-0.3, -0.25) is 9.59 Å². The van der Waals surface area contributed by atoms with Gasteiger partial charge in [0, 0.05) is 50.8 Å². The molecule has 306 valence electrons. The van der Waals surface area contributed by atoms with Crippen LogP contribution in [0.15, 0.2) is 28.7 Å². The molecule has 1 saturated heterocycles. The van der Waals surface area contributed by atoms with E-state index < -0.39 is 36.4 Å². The molecule has 0 unspecified atom stereocenters. The van der Waals surface area contributed by atoms with Gasteiger partial charge in [-0.2, -0.15) is 0 Å². The number of furan rings is 1. The number of hydrogen-bond donors (Lipinski definition) is 2. The number of likely N-dealkylation sites (tertiary alicyclic amines) is 1. The van der Waals surface area contributed by atoms with Crippen molar-refractivity contribution in [1.82, 2.24) is 10.2 Å². The maximum absolute atomic E-state index is 14.3. The van der Waals surface area contributed by atoms with E-state index in [4.69, 9.17) is 28.1 Å². The number of anilines is 1. The van der Waals surface area contributed by atoms with Gasteiger partial charge in [0.25, 0.3) is 0 Å². The van der Waals surface area contributed by atoms with E-state index in [1.54, 1.807) is 64.2 Å². The molecule has 3 aliphatic rings. The Morgan fingerprint density at radius 1 is 0.927 bits per heavy atom. The van der Waals surface area contributed by atoms with E-state index in [0.29, 0.717) is 75.1 Å². The van der Waals surface area contributed by atoms with Crippen LogP contribution in [0.25, 0.3) is 11.0 Å². The number of nitrogens with zero attached hydrogens (tertiary/aromatic N) is 1. The SMILES string of the molecule is COCCOCCCOC(=O)c1cc2cc(NC(=O)[C@@H]3[C@H](C4CCC(OC)CC4)CCN3C(=O)C3CCC([C@@H](CF)NC(=O)OC(C)(C)C)CC3)ccc2o1. The number of nitrogens with one attached hydrogen (secondary N) is 2. The number of alkyl halides is 1. The number of esters is 1. The van der Waals surface area contributed by atoms with Crippen molar-refractivity contribution in [3.63, 3.8) is 0 Å². The first-order chi connectivity index (χ1) is 26.4. The number of hydrogen-bond acceptors (Lipinski definition) is 10. The van der Waals surface area contributed by atoms with Gasteiger partial charge < -0.3 is 43.6 Å². The summed E-state index contributed by atoms with van der Waals surface area (Å²) in [6.45, 7) is 6.64. The molecule has 5 rings (SSSR count). The van der Waals surface area contributed by atoms with Gasteiger partial charge in [-0.15, -0.1) is 0 Å². The molecule has 0 spiro atoms. The van der Waals surface area contributed by atoms with Crippen molar-refractivity contribution in [2.75, 3.05) is 59.2 Å². The first-order valence-corrected chi connectivity index (χ1v) is 19.9. The summed E-state index contributed by atoms with van der Waals surface area (Å²) in [4.78, 5) is 55.4. The summed E-state index contributed by atoms with van der Waals surface area (Å²) in [7, 11) is 3.34. The molecule has 2 saturated carbocycles. The van der Waals surface area contributed by atoms with Crippen molar-refractivity contribution in [3.05, 3.63) is 30.0 Å². The summed E-state index contributed by atoms with van der Waals surface area (Å²) < 4.78 is 46.5. The minimum absolute atomic E-state index is 0.00329. The normalized spacial score (nSPS) is 25.0. The lowest BCUT2D eigenvalue weighted by Gasteiger charge is -2.38. The van der Waals surface area contributed by atoms with Gasteiger partial charge in [-0.1, -0.05) is 0 Å². The van der Waals surface area contributed by atoms with Crippen molar-refractivity contribution < 1.29 is 51.7 Å². The molecule has 0 radical (unpaired) electrons. The molecule has 0 bridgehead atoms. The standard InChI is InChI=1S/C41H60FN3O10/c1-41(2,3)55-40(49)44-33(25-42)27-7-9-28(10-8-27)38(47)45-18-17-32(26-11-14-31(51-5)15-12-26)36(45)37(46)43-30-13-16-34-29(23-30)24-35(54-34)39(48)53-20-6-19-52-22-21-50-4/h13,16,23-24,26-28,31-33,36H,6-12,14-15,17-22,25H2,1-5H3,(H,43,46)(H,44,49)/t26?,27?,28?,31?,32-,33+,36-/m0/s1. The van der Waals surface area contributed by atoms with E-state index >= 15 is 0 Å². The molecule has 2 heterocycles. The molecule has 2 aromatic rings. The molecule has 14 heteroatoms. The largest absolute Gasteiger partial charge is 0.460 e. The summed E-state index contributed by atoms with van der Waals surface area (Å²) in [6.07, 6.45) is 6.79. The Bertz CT molecular complexity index is 1580. The van der Waals surface area contributed by atoms with Crippen LogP contribution in [0.1, 0.15) is 95.5 Å². The minimum atomic E-state index is -0.717. The third kappa shape index (κ3) is 11.6. The second-order valence-electron chi connectivity index (χ2n) is 16.2. The van der Waals surface area contributed by atoms with Crippen LogP contribution < -0.4 is 10.6 Å². The Kier molecular flexibility index (Phi) is 15.3. The van der Waals surface area contributed by atoms with Crippen molar-refractivity contribution in [2.24, 2.45) is 23.7 Å². The molecular formula is C41H60FN3O10. The van der Waals surface area contributed by atoms with Crippen LogP contribution >= 0.6 is 0 Å². The van der Waals surface area contributed by atoms with Crippen molar-refractivity contribution in [2.45, 2.75) is 109 Å². The maximum Gasteiger partial charge on any atom is 0.407 e. The van der Waals surface area contributed by atoms with Crippen LogP contribution in [0.4, 0.5) is 14.9 Å². The van der Waals surface area contributed by atoms with E-state index in [1.165, 1.54) is 0 Å². The van der Waals surface area contributed by atoms with E-state index in [1.807, 2.05) is 0 Å². The molecule has 1 aromatic carbocycles. The second-order valence-corrected chi connectivity index (χ2v) is 16.2. The molecule has 1 aliphatic heterocycles. The Hall–Kier alpha value is -3.75. The minimum Gasteiger partial charge on any atom is -0.460 e. The lowest BCUT2D eigenvalue weighted by atomic mass is 9.75. The van der Waals surface area contributed by atoms with E-state index in [2.05, 4.69) is 10.6 Å². The van der Waals surface area contributed by atoms with Crippen molar-refractivity contribution in [3.8, 4) is 0 Å². The van der Waals surface area contributed by atoms with Crippen LogP contribution in [0.5, 0.6) is 0 Å². The Morgan fingerprint density at radius 2 is 1.67 bits per heavy atom.